The average Bonchev–Trinajstić information content (AvgIpc) is 2.84. The third kappa shape index (κ3) is 4.29. The summed E-state index contributed by atoms with van der Waals surface area (Å²) < 4.78 is 38.2. The molecule has 166 valence electrons. The molecule has 0 saturated heterocycles. The minimum absolute atomic E-state index is 0.177. The van der Waals surface area contributed by atoms with E-state index < -0.39 is 23.1 Å². The van der Waals surface area contributed by atoms with Gasteiger partial charge in [0, 0.05) is 47.1 Å². The molecule has 10 heteroatoms. The molecule has 6 nitrogen and oxygen atoms in total. The van der Waals surface area contributed by atoms with Crippen molar-refractivity contribution in [2.45, 2.75) is 19.5 Å². The first-order valence-electron chi connectivity index (χ1n) is 9.56. The molecule has 3 aromatic rings. The molecule has 0 saturated carbocycles. The van der Waals surface area contributed by atoms with E-state index in [9.17, 15) is 17.9 Å². The number of benzene rings is 2. The van der Waals surface area contributed by atoms with E-state index in [0.717, 1.165) is 11.1 Å². The van der Waals surface area contributed by atoms with Crippen LogP contribution >= 0.6 is 23.2 Å². The first kappa shape index (κ1) is 22.8. The number of aliphatic imine (C=N–C) groups is 1. The number of hydrogen-bond donors (Lipinski definition) is 2. The zero-order chi connectivity index (χ0) is 23.2. The molecule has 0 spiro atoms. The number of aryl methyl sites for hydroxylation is 1. The van der Waals surface area contributed by atoms with E-state index in [1.807, 2.05) is 6.07 Å². The third-order valence-electron chi connectivity index (χ3n) is 5.33. The summed E-state index contributed by atoms with van der Waals surface area (Å²) in [6.45, 7) is 1.93. The van der Waals surface area contributed by atoms with Gasteiger partial charge in [-0.05, 0) is 53.9 Å². The van der Waals surface area contributed by atoms with Crippen LogP contribution in [0, 0.1) is 5.82 Å². The Morgan fingerprint density at radius 2 is 1.88 bits per heavy atom. The molecule has 1 aliphatic rings. The van der Waals surface area contributed by atoms with E-state index in [1.165, 1.54) is 22.8 Å². The molecule has 0 bridgehead atoms. The minimum atomic E-state index is -2.23. The fourth-order valence-corrected chi connectivity index (χ4v) is 4.77. The quantitative estimate of drug-likeness (QED) is 0.519. The van der Waals surface area contributed by atoms with Gasteiger partial charge in [0.2, 0.25) is 11.3 Å². The van der Waals surface area contributed by atoms with E-state index in [0.29, 0.717) is 33.0 Å². The largest absolute Gasteiger partial charge is 0.318 e. The Balaban J connectivity index is 2.01. The van der Waals surface area contributed by atoms with Gasteiger partial charge in [0.15, 0.2) is 0 Å². The Morgan fingerprint density at radius 1 is 1.12 bits per heavy atom. The van der Waals surface area contributed by atoms with Crippen molar-refractivity contribution in [3.63, 3.8) is 0 Å². The number of nitrogens with zero attached hydrogens (tertiary/aromatic N) is 2. The summed E-state index contributed by atoms with van der Waals surface area (Å²) in [6, 6.07) is 8.58. The van der Waals surface area contributed by atoms with Crippen LogP contribution in [0.5, 0.6) is 0 Å². The fourth-order valence-electron chi connectivity index (χ4n) is 3.76. The van der Waals surface area contributed by atoms with E-state index in [1.54, 1.807) is 32.3 Å². The van der Waals surface area contributed by atoms with Crippen LogP contribution in [0.25, 0.3) is 11.1 Å². The molecular formula is C22H18Cl2FN3O3S. The Hall–Kier alpha value is -2.36. The molecule has 1 aromatic heterocycles. The van der Waals surface area contributed by atoms with Gasteiger partial charge in [0.1, 0.15) is 5.82 Å². The Morgan fingerprint density at radius 3 is 2.56 bits per heavy atom. The Bertz CT molecular complexity index is 1360. The SMILES string of the molecule is CC(NS(=O)O)c1cc2c(cc1Cl)C(c1ccc(F)cc1Cl)=NCc1cc(=O)n(C)cc1-2. The molecule has 32 heavy (non-hydrogen) atoms. The number of hydrogen-bond acceptors (Lipinski definition) is 3. The predicted octanol–water partition coefficient (Wildman–Crippen LogP) is 4.64. The summed E-state index contributed by atoms with van der Waals surface area (Å²) >= 11 is 10.7. The second-order valence-electron chi connectivity index (χ2n) is 7.46. The molecule has 2 heterocycles. The molecule has 2 N–H and O–H groups in total. The van der Waals surface area contributed by atoms with E-state index in [4.69, 9.17) is 28.2 Å². The minimum Gasteiger partial charge on any atom is -0.318 e. The zero-order valence-corrected chi connectivity index (χ0v) is 19.4. The summed E-state index contributed by atoms with van der Waals surface area (Å²) in [5.74, 6) is -0.468. The summed E-state index contributed by atoms with van der Waals surface area (Å²) in [5.41, 5.74) is 4.32. The summed E-state index contributed by atoms with van der Waals surface area (Å²) in [6.07, 6.45) is 1.72. The monoisotopic (exact) mass is 493 g/mol. The maximum Gasteiger partial charge on any atom is 0.250 e. The van der Waals surface area contributed by atoms with Crippen molar-refractivity contribution in [3.05, 3.63) is 91.1 Å². The van der Waals surface area contributed by atoms with Crippen LogP contribution in [0.15, 0.2) is 52.4 Å². The van der Waals surface area contributed by atoms with E-state index in [-0.39, 0.29) is 17.1 Å². The van der Waals surface area contributed by atoms with Crippen molar-refractivity contribution in [3.8, 4) is 11.1 Å². The number of aromatic nitrogens is 1. The number of rotatable bonds is 4. The Kier molecular flexibility index (Phi) is 6.33. The maximum atomic E-state index is 13.7. The highest BCUT2D eigenvalue weighted by molar-refractivity contribution is 7.77. The van der Waals surface area contributed by atoms with Gasteiger partial charge in [-0.3, -0.25) is 14.3 Å². The van der Waals surface area contributed by atoms with Crippen LogP contribution in [-0.4, -0.2) is 19.0 Å². The highest BCUT2D eigenvalue weighted by Crippen LogP contribution is 2.38. The third-order valence-corrected chi connectivity index (χ3v) is 6.53. The van der Waals surface area contributed by atoms with Gasteiger partial charge in [0.05, 0.1) is 17.3 Å². The van der Waals surface area contributed by atoms with Crippen LogP contribution in [0.3, 0.4) is 0 Å². The fraction of sp³-hybridized carbons (Fsp3) is 0.182. The summed E-state index contributed by atoms with van der Waals surface area (Å²) in [4.78, 5) is 17.0. The first-order valence-corrected chi connectivity index (χ1v) is 11.4. The molecular weight excluding hydrogens is 476 g/mol. The standard InChI is InChI=1S/C22H18Cl2FN3O3S/c1-11(27-32(30)31)15-7-16-17(8-20(15)24)22(14-4-3-13(25)6-19(14)23)26-9-12-5-21(29)28(2)10-18(12)16/h3-8,10-11,27H,9H2,1-2H3,(H,30,31). The topological polar surface area (TPSA) is 83.7 Å². The highest BCUT2D eigenvalue weighted by atomic mass is 35.5. The molecule has 0 amide bonds. The molecule has 2 atom stereocenters. The van der Waals surface area contributed by atoms with Gasteiger partial charge in [-0.15, -0.1) is 0 Å². The molecule has 0 aliphatic carbocycles. The molecule has 1 aliphatic heterocycles. The van der Waals surface area contributed by atoms with Crippen molar-refractivity contribution in [2.24, 2.45) is 12.0 Å². The molecule has 0 fully saturated rings. The summed E-state index contributed by atoms with van der Waals surface area (Å²) in [5, 5.41) is 0.551. The lowest BCUT2D eigenvalue weighted by Gasteiger charge is -2.19. The van der Waals surface area contributed by atoms with Gasteiger partial charge >= 0.3 is 0 Å². The first-order chi connectivity index (χ1) is 15.2. The molecule has 4 rings (SSSR count). The predicted molar refractivity (Wildman–Crippen MR) is 125 cm³/mol. The van der Waals surface area contributed by atoms with Crippen molar-refractivity contribution in [1.82, 2.24) is 9.29 Å². The summed E-state index contributed by atoms with van der Waals surface area (Å²) in [7, 11) is 1.65. The molecule has 2 aromatic carbocycles. The molecule has 0 radical (unpaired) electrons. The van der Waals surface area contributed by atoms with Gasteiger partial charge in [-0.2, -0.15) is 0 Å². The van der Waals surface area contributed by atoms with Crippen LogP contribution in [-0.2, 0) is 24.9 Å². The second kappa shape index (κ2) is 8.88. The maximum absolute atomic E-state index is 13.7. The smallest absolute Gasteiger partial charge is 0.250 e. The number of nitrogens with one attached hydrogen (secondary N) is 1. The lowest BCUT2D eigenvalue weighted by atomic mass is 9.90. The zero-order valence-electron chi connectivity index (χ0n) is 17.0. The van der Waals surface area contributed by atoms with Crippen LogP contribution in [0.4, 0.5) is 4.39 Å². The van der Waals surface area contributed by atoms with E-state index in [2.05, 4.69) is 4.72 Å². The van der Waals surface area contributed by atoms with Gasteiger partial charge in [-0.1, -0.05) is 23.2 Å². The number of fused-ring (bicyclic) bond motifs is 3. The van der Waals surface area contributed by atoms with Crippen molar-refractivity contribution in [2.75, 3.05) is 0 Å². The molecule has 2 unspecified atom stereocenters. The lowest BCUT2D eigenvalue weighted by Crippen LogP contribution is -2.21. The number of pyridine rings is 1. The van der Waals surface area contributed by atoms with Crippen molar-refractivity contribution >= 4 is 40.2 Å². The average molecular weight is 494 g/mol. The van der Waals surface area contributed by atoms with E-state index >= 15 is 0 Å². The normalized spacial score (nSPS) is 14.8. The van der Waals surface area contributed by atoms with Gasteiger partial charge in [0.25, 0.3) is 5.56 Å². The van der Waals surface area contributed by atoms with Crippen LogP contribution < -0.4 is 10.3 Å². The highest BCUT2D eigenvalue weighted by Gasteiger charge is 2.25. The Labute approximate surface area is 196 Å². The lowest BCUT2D eigenvalue weighted by molar-refractivity contribution is 0.536. The van der Waals surface area contributed by atoms with Gasteiger partial charge in [-0.25, -0.2) is 13.3 Å². The van der Waals surface area contributed by atoms with Crippen molar-refractivity contribution < 1.29 is 13.2 Å². The van der Waals surface area contributed by atoms with Crippen LogP contribution in [0.2, 0.25) is 10.0 Å². The van der Waals surface area contributed by atoms with Crippen LogP contribution in [0.1, 0.15) is 35.2 Å². The van der Waals surface area contributed by atoms with Crippen molar-refractivity contribution in [1.29, 1.82) is 0 Å². The second-order valence-corrected chi connectivity index (χ2v) is 9.01. The number of halogens is 3. The van der Waals surface area contributed by atoms with Gasteiger partial charge < -0.3 is 4.57 Å².